The maximum atomic E-state index is 11.4. The van der Waals surface area contributed by atoms with Gasteiger partial charge in [0.1, 0.15) is 5.54 Å². The number of rotatable bonds is 10. The zero-order valence-corrected chi connectivity index (χ0v) is 12.9. The van der Waals surface area contributed by atoms with Gasteiger partial charge in [-0.3, -0.25) is 10.1 Å². The van der Waals surface area contributed by atoms with Gasteiger partial charge in [0.05, 0.1) is 0 Å². The normalized spacial score (nSPS) is 18.8. The number of hydrogen-bond acceptors (Lipinski definition) is 3. The van der Waals surface area contributed by atoms with E-state index in [9.17, 15) is 9.90 Å². The molecule has 4 heteroatoms. The molecule has 1 rings (SSSR count). The second-order valence-corrected chi connectivity index (χ2v) is 6.25. The minimum absolute atomic E-state index is 0.194. The van der Waals surface area contributed by atoms with Crippen molar-refractivity contribution < 1.29 is 9.90 Å². The van der Waals surface area contributed by atoms with Crippen LogP contribution in [0, 0.1) is 0 Å². The molecule has 1 aliphatic rings. The number of hydrogen-bond donors (Lipinski definition) is 2. The first kappa shape index (κ1) is 16.4. The van der Waals surface area contributed by atoms with Gasteiger partial charge in [0.2, 0.25) is 0 Å². The van der Waals surface area contributed by atoms with Crippen molar-refractivity contribution in [1.82, 2.24) is 10.2 Å². The van der Waals surface area contributed by atoms with E-state index in [-0.39, 0.29) is 6.04 Å². The lowest BCUT2D eigenvalue weighted by Gasteiger charge is -2.29. The molecule has 1 aliphatic carbocycles. The maximum absolute atomic E-state index is 11.4. The van der Waals surface area contributed by atoms with Gasteiger partial charge in [0.15, 0.2) is 0 Å². The van der Waals surface area contributed by atoms with Crippen LogP contribution in [0.2, 0.25) is 0 Å². The van der Waals surface area contributed by atoms with Crippen LogP contribution in [0.4, 0.5) is 0 Å². The summed E-state index contributed by atoms with van der Waals surface area (Å²) in [6.45, 7) is 10.2. The number of unbranched alkanes of at least 4 members (excludes halogenated alkanes) is 1. The highest BCUT2D eigenvalue weighted by atomic mass is 16.4. The molecule has 0 heterocycles. The second kappa shape index (κ2) is 7.25. The Morgan fingerprint density at radius 3 is 2.47 bits per heavy atom. The van der Waals surface area contributed by atoms with Crippen molar-refractivity contribution in [1.29, 1.82) is 0 Å². The standard InChI is InChI=1S/C15H30N2O2/c1-5-17(13-8-9-13)11-7-6-10-15(4,14(18)19)16-12(2)3/h12-13,16H,5-11H2,1-4H3,(H,18,19). The molecule has 0 aliphatic heterocycles. The fraction of sp³-hybridized carbons (Fsp3) is 0.933. The van der Waals surface area contributed by atoms with Crippen LogP contribution in [0.25, 0.3) is 0 Å². The highest BCUT2D eigenvalue weighted by Gasteiger charge is 2.33. The molecule has 2 N–H and O–H groups in total. The number of carboxylic acids is 1. The van der Waals surface area contributed by atoms with Gasteiger partial charge >= 0.3 is 5.97 Å². The first-order valence-electron chi connectivity index (χ1n) is 7.64. The quantitative estimate of drug-likeness (QED) is 0.599. The molecule has 0 aromatic carbocycles. The Hall–Kier alpha value is -0.610. The van der Waals surface area contributed by atoms with Gasteiger partial charge in [-0.15, -0.1) is 0 Å². The van der Waals surface area contributed by atoms with E-state index in [1.165, 1.54) is 12.8 Å². The van der Waals surface area contributed by atoms with Crippen LogP contribution in [-0.4, -0.2) is 46.7 Å². The van der Waals surface area contributed by atoms with Crippen molar-refractivity contribution >= 4 is 5.97 Å². The summed E-state index contributed by atoms with van der Waals surface area (Å²) >= 11 is 0. The molecular formula is C15H30N2O2. The van der Waals surface area contributed by atoms with Gasteiger partial charge in [-0.1, -0.05) is 6.92 Å². The van der Waals surface area contributed by atoms with Crippen molar-refractivity contribution in [3.05, 3.63) is 0 Å². The highest BCUT2D eigenvalue weighted by Crippen LogP contribution is 2.27. The van der Waals surface area contributed by atoms with Gasteiger partial charge in [-0.2, -0.15) is 0 Å². The average Bonchev–Trinajstić information content (AvgIpc) is 3.12. The minimum Gasteiger partial charge on any atom is -0.480 e. The number of nitrogens with zero attached hydrogens (tertiary/aromatic N) is 1. The summed E-state index contributed by atoms with van der Waals surface area (Å²) in [6.07, 6.45) is 5.44. The molecule has 0 amide bonds. The lowest BCUT2D eigenvalue weighted by Crippen LogP contribution is -2.52. The van der Waals surface area contributed by atoms with Crippen LogP contribution < -0.4 is 5.32 Å². The highest BCUT2D eigenvalue weighted by molar-refractivity contribution is 5.78. The zero-order chi connectivity index (χ0) is 14.5. The van der Waals surface area contributed by atoms with Gasteiger partial charge in [0, 0.05) is 12.1 Å². The molecule has 1 atom stereocenters. The van der Waals surface area contributed by atoms with Crippen LogP contribution in [0.3, 0.4) is 0 Å². The smallest absolute Gasteiger partial charge is 0.323 e. The topological polar surface area (TPSA) is 52.6 Å². The molecule has 4 nitrogen and oxygen atoms in total. The molecule has 1 unspecified atom stereocenters. The number of aliphatic carboxylic acids is 1. The molecule has 0 spiro atoms. The zero-order valence-electron chi connectivity index (χ0n) is 12.9. The largest absolute Gasteiger partial charge is 0.480 e. The number of carbonyl (C=O) groups is 1. The molecule has 19 heavy (non-hydrogen) atoms. The van der Waals surface area contributed by atoms with Crippen LogP contribution in [-0.2, 0) is 4.79 Å². The Morgan fingerprint density at radius 1 is 1.42 bits per heavy atom. The van der Waals surface area contributed by atoms with Gasteiger partial charge in [-0.25, -0.2) is 0 Å². The summed E-state index contributed by atoms with van der Waals surface area (Å²) in [5, 5.41) is 12.5. The Bertz CT molecular complexity index is 290. The van der Waals surface area contributed by atoms with E-state index in [1.54, 1.807) is 6.92 Å². The molecule has 0 radical (unpaired) electrons. The Kier molecular flexibility index (Phi) is 6.27. The number of carboxylic acid groups (broad SMARTS) is 1. The first-order chi connectivity index (χ1) is 8.89. The van der Waals surface area contributed by atoms with Gasteiger partial charge in [-0.05, 0) is 66.0 Å². The molecule has 1 fully saturated rings. The van der Waals surface area contributed by atoms with Crippen molar-refractivity contribution in [2.45, 2.75) is 77.4 Å². The third kappa shape index (κ3) is 5.49. The molecule has 0 bridgehead atoms. The number of nitrogens with one attached hydrogen (secondary N) is 1. The Labute approximate surface area is 117 Å². The van der Waals surface area contributed by atoms with Crippen LogP contribution in [0.1, 0.15) is 59.8 Å². The van der Waals surface area contributed by atoms with Gasteiger partial charge < -0.3 is 10.0 Å². The van der Waals surface area contributed by atoms with Crippen molar-refractivity contribution in [2.75, 3.05) is 13.1 Å². The maximum Gasteiger partial charge on any atom is 0.323 e. The van der Waals surface area contributed by atoms with E-state index in [2.05, 4.69) is 17.1 Å². The molecule has 0 aromatic rings. The summed E-state index contributed by atoms with van der Waals surface area (Å²) in [7, 11) is 0. The summed E-state index contributed by atoms with van der Waals surface area (Å²) in [5.74, 6) is -0.740. The molecule has 0 aromatic heterocycles. The van der Waals surface area contributed by atoms with Crippen LogP contribution >= 0.6 is 0 Å². The van der Waals surface area contributed by atoms with E-state index in [4.69, 9.17) is 0 Å². The summed E-state index contributed by atoms with van der Waals surface area (Å²) in [6, 6.07) is 1.00. The summed E-state index contributed by atoms with van der Waals surface area (Å²) in [4.78, 5) is 13.9. The molecule has 0 saturated heterocycles. The summed E-state index contributed by atoms with van der Waals surface area (Å²) < 4.78 is 0. The van der Waals surface area contributed by atoms with Crippen LogP contribution in [0.15, 0.2) is 0 Å². The van der Waals surface area contributed by atoms with Crippen molar-refractivity contribution in [3.63, 3.8) is 0 Å². The minimum atomic E-state index is -0.787. The van der Waals surface area contributed by atoms with E-state index in [0.29, 0.717) is 6.42 Å². The SMILES string of the molecule is CCN(CCCCC(C)(NC(C)C)C(=O)O)C1CC1. The first-order valence-corrected chi connectivity index (χ1v) is 7.64. The van der Waals surface area contributed by atoms with Crippen molar-refractivity contribution in [2.24, 2.45) is 0 Å². The molecule has 1 saturated carbocycles. The van der Waals surface area contributed by atoms with Crippen molar-refractivity contribution in [3.8, 4) is 0 Å². The summed E-state index contributed by atoms with van der Waals surface area (Å²) in [5.41, 5.74) is -0.787. The Morgan fingerprint density at radius 2 is 2.05 bits per heavy atom. The average molecular weight is 270 g/mol. The third-order valence-electron chi connectivity index (χ3n) is 3.92. The third-order valence-corrected chi connectivity index (χ3v) is 3.92. The predicted molar refractivity (Wildman–Crippen MR) is 78.4 cm³/mol. The predicted octanol–water partition coefficient (Wildman–Crippen LogP) is 2.48. The molecular weight excluding hydrogens is 240 g/mol. The Balaban J connectivity index is 2.29. The molecule has 112 valence electrons. The fourth-order valence-electron chi connectivity index (χ4n) is 2.71. The lowest BCUT2D eigenvalue weighted by molar-refractivity contribution is -0.144. The van der Waals surface area contributed by atoms with Crippen LogP contribution in [0.5, 0.6) is 0 Å². The monoisotopic (exact) mass is 270 g/mol. The van der Waals surface area contributed by atoms with E-state index >= 15 is 0 Å². The second-order valence-electron chi connectivity index (χ2n) is 6.25. The fourth-order valence-corrected chi connectivity index (χ4v) is 2.71. The van der Waals surface area contributed by atoms with Gasteiger partial charge in [0.25, 0.3) is 0 Å². The van der Waals surface area contributed by atoms with E-state index in [0.717, 1.165) is 32.0 Å². The lowest BCUT2D eigenvalue weighted by atomic mass is 9.94. The van der Waals surface area contributed by atoms with E-state index < -0.39 is 11.5 Å². The van der Waals surface area contributed by atoms with E-state index in [1.807, 2.05) is 13.8 Å².